The Bertz CT molecular complexity index is 1540. The average Bonchev–Trinajstić information content (AvgIpc) is 3.33. The Balaban J connectivity index is 1.29. The molecule has 41 heavy (non-hydrogen) atoms. The molecule has 0 N–H and O–H groups in total. The van der Waals surface area contributed by atoms with Gasteiger partial charge in [0.1, 0.15) is 10.6 Å². The highest BCUT2D eigenvalue weighted by molar-refractivity contribution is 7.87. The molecule has 1 aliphatic rings. The third kappa shape index (κ3) is 7.37. The maximum atomic E-state index is 12.6. The fourth-order valence-electron chi connectivity index (χ4n) is 4.09. The molecule has 0 radical (unpaired) electrons. The van der Waals surface area contributed by atoms with Crippen LogP contribution in [0.3, 0.4) is 0 Å². The summed E-state index contributed by atoms with van der Waals surface area (Å²) < 4.78 is 40.4. The zero-order valence-corrected chi connectivity index (χ0v) is 23.6. The van der Waals surface area contributed by atoms with Crippen LogP contribution < -0.4 is 9.08 Å². The Morgan fingerprint density at radius 2 is 1.51 bits per heavy atom. The lowest BCUT2D eigenvalue weighted by molar-refractivity contribution is -0.147. The molecular formula is C30H29NO9S. The first kappa shape index (κ1) is 29.5. The van der Waals surface area contributed by atoms with E-state index < -0.39 is 40.4 Å². The van der Waals surface area contributed by atoms with Crippen molar-refractivity contribution in [3.63, 3.8) is 0 Å². The van der Waals surface area contributed by atoms with Gasteiger partial charge in [-0.25, -0.2) is 4.79 Å². The number of amides is 1. The summed E-state index contributed by atoms with van der Waals surface area (Å²) in [6, 6.07) is 17.9. The maximum absolute atomic E-state index is 12.6. The molecule has 0 aliphatic carbocycles. The second-order valence-corrected chi connectivity index (χ2v) is 11.4. The summed E-state index contributed by atoms with van der Waals surface area (Å²) in [6.45, 7) is 4.86. The highest BCUT2D eigenvalue weighted by atomic mass is 32.2. The number of nitrogens with zero attached hydrogens (tertiary/aromatic N) is 1. The van der Waals surface area contributed by atoms with E-state index in [2.05, 4.69) is 0 Å². The summed E-state index contributed by atoms with van der Waals surface area (Å²) in [5.41, 5.74) is 1.96. The van der Waals surface area contributed by atoms with Gasteiger partial charge in [-0.1, -0.05) is 17.7 Å². The van der Waals surface area contributed by atoms with Gasteiger partial charge in [-0.15, -0.1) is 0 Å². The van der Waals surface area contributed by atoms with Crippen LogP contribution >= 0.6 is 0 Å². The second-order valence-electron chi connectivity index (χ2n) is 9.81. The predicted octanol–water partition coefficient (Wildman–Crippen LogP) is 4.11. The number of rotatable bonds is 10. The van der Waals surface area contributed by atoms with Crippen LogP contribution in [0.4, 0.5) is 5.69 Å². The van der Waals surface area contributed by atoms with Gasteiger partial charge in [0.15, 0.2) is 12.4 Å². The van der Waals surface area contributed by atoms with E-state index in [0.717, 1.165) is 5.56 Å². The van der Waals surface area contributed by atoms with E-state index in [1.54, 1.807) is 50.2 Å². The van der Waals surface area contributed by atoms with Gasteiger partial charge < -0.3 is 18.6 Å². The lowest BCUT2D eigenvalue weighted by Gasteiger charge is -2.17. The summed E-state index contributed by atoms with van der Waals surface area (Å²) in [6.07, 6.45) is -0.339. The first-order valence-electron chi connectivity index (χ1n) is 12.9. The van der Waals surface area contributed by atoms with E-state index in [-0.39, 0.29) is 41.2 Å². The molecule has 3 aromatic rings. The average molecular weight is 580 g/mol. The van der Waals surface area contributed by atoms with Crippen LogP contribution in [-0.4, -0.2) is 51.3 Å². The minimum atomic E-state index is -4.04. The smallest absolute Gasteiger partial charge is 0.339 e. The van der Waals surface area contributed by atoms with Gasteiger partial charge in [0, 0.05) is 24.2 Å². The Morgan fingerprint density at radius 3 is 2.12 bits per heavy atom. The molecule has 214 valence electrons. The molecule has 1 aliphatic heterocycles. The van der Waals surface area contributed by atoms with Crippen molar-refractivity contribution in [1.29, 1.82) is 0 Å². The van der Waals surface area contributed by atoms with Crippen LogP contribution in [-0.2, 0) is 29.2 Å². The number of benzene rings is 3. The fourth-order valence-corrected chi connectivity index (χ4v) is 5.02. The third-order valence-corrected chi connectivity index (χ3v) is 7.51. The number of aryl methyl sites for hydroxylation is 1. The fraction of sp³-hybridized carbons (Fsp3) is 0.267. The normalized spacial score (nSPS) is 15.1. The molecule has 3 aromatic carbocycles. The highest BCUT2D eigenvalue weighted by Crippen LogP contribution is 2.27. The summed E-state index contributed by atoms with van der Waals surface area (Å²) in [5, 5.41) is 0. The lowest BCUT2D eigenvalue weighted by Crippen LogP contribution is -2.27. The quantitative estimate of drug-likeness (QED) is 0.198. The van der Waals surface area contributed by atoms with E-state index in [9.17, 15) is 27.6 Å². The monoisotopic (exact) mass is 579 g/mol. The Hall–Kier alpha value is -4.51. The van der Waals surface area contributed by atoms with Crippen LogP contribution in [0.25, 0.3) is 0 Å². The van der Waals surface area contributed by atoms with E-state index in [0.29, 0.717) is 11.3 Å². The molecular weight excluding hydrogens is 550 g/mol. The van der Waals surface area contributed by atoms with Gasteiger partial charge >= 0.3 is 22.1 Å². The van der Waals surface area contributed by atoms with E-state index in [1.807, 2.05) is 6.92 Å². The summed E-state index contributed by atoms with van der Waals surface area (Å²) in [4.78, 5) is 51.2. The molecule has 10 nitrogen and oxygen atoms in total. The molecule has 1 amide bonds. The van der Waals surface area contributed by atoms with Crippen LogP contribution in [0, 0.1) is 12.8 Å². The van der Waals surface area contributed by atoms with Crippen LogP contribution in [0.1, 0.15) is 46.5 Å². The Morgan fingerprint density at radius 1 is 0.902 bits per heavy atom. The van der Waals surface area contributed by atoms with Crippen LogP contribution in [0.5, 0.6) is 5.75 Å². The first-order valence-corrected chi connectivity index (χ1v) is 14.3. The molecule has 0 aromatic heterocycles. The van der Waals surface area contributed by atoms with Gasteiger partial charge in [0.25, 0.3) is 0 Å². The van der Waals surface area contributed by atoms with Crippen molar-refractivity contribution >= 4 is 39.4 Å². The standard InChI is InChI=1S/C30H29NO9S/c1-19(2)39-30(35)22-6-10-24(11-7-22)31-17-23(16-28(31)33)29(34)38-18-27(32)21-8-12-25(13-9-21)40-41(36,37)26-14-4-20(3)5-15-26/h4-15,19,23H,16-18H2,1-3H3/t23-/m1/s1. The molecule has 1 atom stereocenters. The first-order chi connectivity index (χ1) is 19.4. The number of anilines is 1. The van der Waals surface area contributed by atoms with Crippen molar-refractivity contribution in [2.24, 2.45) is 5.92 Å². The number of hydrogen-bond donors (Lipinski definition) is 0. The Labute approximate surface area is 238 Å². The number of esters is 2. The van der Waals surface area contributed by atoms with Crippen LogP contribution in [0.15, 0.2) is 77.7 Å². The Kier molecular flexibility index (Phi) is 8.87. The number of ether oxygens (including phenoxy) is 2. The number of ketones is 1. The van der Waals surface area contributed by atoms with Crippen molar-refractivity contribution < 1.29 is 41.3 Å². The third-order valence-electron chi connectivity index (χ3n) is 6.25. The number of Topliss-reactive ketones (excluding diaryl/α,β-unsaturated/α-hetero) is 1. The van der Waals surface area contributed by atoms with Gasteiger partial charge in [0.2, 0.25) is 5.91 Å². The zero-order valence-electron chi connectivity index (χ0n) is 22.7. The van der Waals surface area contributed by atoms with E-state index in [1.165, 1.54) is 41.3 Å². The van der Waals surface area contributed by atoms with Gasteiger partial charge in [-0.2, -0.15) is 8.42 Å². The molecule has 4 rings (SSSR count). The number of hydrogen-bond acceptors (Lipinski definition) is 9. The van der Waals surface area contributed by atoms with Gasteiger partial charge in [0.05, 0.1) is 17.6 Å². The molecule has 0 spiro atoms. The van der Waals surface area contributed by atoms with Crippen molar-refractivity contribution in [1.82, 2.24) is 0 Å². The highest BCUT2D eigenvalue weighted by Gasteiger charge is 2.36. The second kappa shape index (κ2) is 12.3. The van der Waals surface area contributed by atoms with E-state index >= 15 is 0 Å². The van der Waals surface area contributed by atoms with Crippen molar-refractivity contribution in [3.05, 3.63) is 89.5 Å². The topological polar surface area (TPSA) is 133 Å². The maximum Gasteiger partial charge on any atom is 0.339 e. The molecule has 1 saturated heterocycles. The molecule has 11 heteroatoms. The van der Waals surface area contributed by atoms with Gasteiger partial charge in [-0.3, -0.25) is 14.4 Å². The van der Waals surface area contributed by atoms with Gasteiger partial charge in [-0.05, 0) is 81.4 Å². The lowest BCUT2D eigenvalue weighted by atomic mass is 10.1. The molecule has 0 saturated carbocycles. The number of carbonyl (C=O) groups is 4. The molecule has 0 unspecified atom stereocenters. The summed E-state index contributed by atoms with van der Waals surface area (Å²) in [7, 11) is -4.04. The summed E-state index contributed by atoms with van der Waals surface area (Å²) >= 11 is 0. The zero-order chi connectivity index (χ0) is 29.7. The predicted molar refractivity (Wildman–Crippen MR) is 148 cm³/mol. The molecule has 0 bridgehead atoms. The SMILES string of the molecule is Cc1ccc(S(=O)(=O)Oc2ccc(C(=O)COC(=O)[C@@H]3CC(=O)N(c4ccc(C(=O)OC(C)C)cc4)C3)cc2)cc1. The van der Waals surface area contributed by atoms with Crippen molar-refractivity contribution in [2.75, 3.05) is 18.1 Å². The largest absolute Gasteiger partial charge is 0.459 e. The number of carbonyl (C=O) groups excluding carboxylic acids is 4. The van der Waals surface area contributed by atoms with Crippen molar-refractivity contribution in [3.8, 4) is 5.75 Å². The molecule has 1 heterocycles. The molecule has 1 fully saturated rings. The van der Waals surface area contributed by atoms with Crippen molar-refractivity contribution in [2.45, 2.75) is 38.2 Å². The van der Waals surface area contributed by atoms with Crippen LogP contribution in [0.2, 0.25) is 0 Å². The minimum Gasteiger partial charge on any atom is -0.459 e. The summed E-state index contributed by atoms with van der Waals surface area (Å²) in [5.74, 6) is -2.68. The minimum absolute atomic E-state index is 0.00230. The van der Waals surface area contributed by atoms with E-state index in [4.69, 9.17) is 13.7 Å².